The molecule has 2 aliphatic heterocycles. The van der Waals surface area contributed by atoms with Crippen LogP contribution in [0.2, 0.25) is 0 Å². The molecule has 2 heterocycles. The van der Waals surface area contributed by atoms with Crippen LogP contribution in [0.25, 0.3) is 0 Å². The second-order valence-electron chi connectivity index (χ2n) is 4.13. The van der Waals surface area contributed by atoms with Crippen LogP contribution in [-0.2, 0) is 0 Å². The van der Waals surface area contributed by atoms with Gasteiger partial charge in [-0.15, -0.1) is 0 Å². The summed E-state index contributed by atoms with van der Waals surface area (Å²) >= 11 is 0. The third-order valence-corrected chi connectivity index (χ3v) is 2.71. The number of dihydropyridines is 1. The normalized spacial score (nSPS) is 18.6. The second-order valence-corrected chi connectivity index (χ2v) is 4.13. The van der Waals surface area contributed by atoms with E-state index in [4.69, 9.17) is 10.4 Å². The molecule has 0 aromatic heterocycles. The van der Waals surface area contributed by atoms with Crippen LogP contribution in [-0.4, -0.2) is 46.1 Å². The number of hydroxylamine groups is 2. The number of aliphatic hydroxyl groups is 1. The summed E-state index contributed by atoms with van der Waals surface area (Å²) in [6.45, 7) is 0.502. The molecule has 0 unspecified atom stereocenters. The SMILES string of the molecule is N#CC1=CC(=C2C=CN(O)C=C2)C=NC1=NCCCO.O. The zero-order chi connectivity index (χ0) is 14.4. The van der Waals surface area contributed by atoms with Crippen molar-refractivity contribution in [2.75, 3.05) is 13.2 Å². The number of allylic oxidation sites excluding steroid dienone is 5. The molecule has 0 saturated carbocycles. The highest BCUT2D eigenvalue weighted by Gasteiger charge is 2.12. The Bertz CT molecular complexity index is 590. The molecule has 0 aliphatic carbocycles. The average Bonchev–Trinajstić information content (AvgIpc) is 2.48. The number of nitrogens with zero attached hydrogens (tertiary/aromatic N) is 4. The van der Waals surface area contributed by atoms with Crippen LogP contribution in [0, 0.1) is 11.3 Å². The van der Waals surface area contributed by atoms with E-state index in [1.54, 1.807) is 24.4 Å². The molecule has 2 aliphatic rings. The molecule has 2 rings (SSSR count). The van der Waals surface area contributed by atoms with Gasteiger partial charge >= 0.3 is 0 Å². The van der Waals surface area contributed by atoms with E-state index in [9.17, 15) is 5.21 Å². The number of aliphatic imine (C=N–C) groups is 2. The summed E-state index contributed by atoms with van der Waals surface area (Å²) in [6.07, 6.45) is 10.3. The first-order valence-electron chi connectivity index (χ1n) is 6.14. The molecule has 21 heavy (non-hydrogen) atoms. The van der Waals surface area contributed by atoms with Crippen LogP contribution in [0.3, 0.4) is 0 Å². The van der Waals surface area contributed by atoms with Crippen molar-refractivity contribution in [2.24, 2.45) is 9.98 Å². The van der Waals surface area contributed by atoms with Crippen molar-refractivity contribution >= 4 is 12.1 Å². The number of hydrogen-bond donors (Lipinski definition) is 2. The van der Waals surface area contributed by atoms with E-state index in [2.05, 4.69) is 16.1 Å². The van der Waals surface area contributed by atoms with Gasteiger partial charge in [0, 0.05) is 37.3 Å². The Morgan fingerprint density at radius 2 is 2.00 bits per heavy atom. The van der Waals surface area contributed by atoms with E-state index in [-0.39, 0.29) is 12.1 Å². The topological polar surface area (TPSA) is 124 Å². The molecule has 7 nitrogen and oxygen atoms in total. The monoisotopic (exact) mass is 288 g/mol. The van der Waals surface area contributed by atoms with Crippen LogP contribution < -0.4 is 0 Å². The van der Waals surface area contributed by atoms with E-state index >= 15 is 0 Å². The first kappa shape index (κ1) is 16.5. The molecular weight excluding hydrogens is 272 g/mol. The maximum Gasteiger partial charge on any atom is 0.165 e. The van der Waals surface area contributed by atoms with Gasteiger partial charge in [0.25, 0.3) is 0 Å². The highest BCUT2D eigenvalue weighted by atomic mass is 16.5. The summed E-state index contributed by atoms with van der Waals surface area (Å²) in [7, 11) is 0. The van der Waals surface area contributed by atoms with E-state index in [1.165, 1.54) is 12.4 Å². The third kappa shape index (κ3) is 4.22. The average molecular weight is 288 g/mol. The Labute approximate surface area is 122 Å². The van der Waals surface area contributed by atoms with Gasteiger partial charge in [-0.25, -0.2) is 10.1 Å². The van der Waals surface area contributed by atoms with Gasteiger partial charge in [-0.2, -0.15) is 5.26 Å². The molecule has 0 fully saturated rings. The number of nitriles is 1. The maximum atomic E-state index is 9.18. The quantitative estimate of drug-likeness (QED) is 0.734. The minimum absolute atomic E-state index is 0. The van der Waals surface area contributed by atoms with Crippen molar-refractivity contribution in [1.82, 2.24) is 5.06 Å². The molecule has 0 atom stereocenters. The molecule has 0 aromatic carbocycles. The van der Waals surface area contributed by atoms with Crippen LogP contribution >= 0.6 is 0 Å². The lowest BCUT2D eigenvalue weighted by molar-refractivity contribution is 0.0105. The first-order valence-corrected chi connectivity index (χ1v) is 6.14. The predicted octanol–water partition coefficient (Wildman–Crippen LogP) is 0.506. The molecule has 7 heteroatoms. The number of amidine groups is 1. The van der Waals surface area contributed by atoms with Crippen molar-refractivity contribution in [3.05, 3.63) is 47.3 Å². The Morgan fingerprint density at radius 3 is 2.62 bits per heavy atom. The summed E-state index contributed by atoms with van der Waals surface area (Å²) in [4.78, 5) is 8.36. The van der Waals surface area contributed by atoms with Gasteiger partial charge in [-0.1, -0.05) is 0 Å². The standard InChI is InChI=1S/C14H14N4O2.H2O/c15-9-12-8-13(11-2-5-18(20)6-3-11)10-17-14(12)16-4-1-7-19;/h2-3,5-6,8,10,19-20H,1,4,7H2;1H2. The van der Waals surface area contributed by atoms with E-state index < -0.39 is 0 Å². The number of hydrogen-bond acceptors (Lipinski definition) is 5. The van der Waals surface area contributed by atoms with Crippen molar-refractivity contribution in [3.63, 3.8) is 0 Å². The van der Waals surface area contributed by atoms with Crippen molar-refractivity contribution in [3.8, 4) is 6.07 Å². The Morgan fingerprint density at radius 1 is 1.29 bits per heavy atom. The molecule has 0 bridgehead atoms. The smallest absolute Gasteiger partial charge is 0.165 e. The fourth-order valence-corrected chi connectivity index (χ4v) is 1.69. The fourth-order valence-electron chi connectivity index (χ4n) is 1.69. The third-order valence-electron chi connectivity index (χ3n) is 2.71. The Hall–Kier alpha value is -2.53. The summed E-state index contributed by atoms with van der Waals surface area (Å²) in [5, 5.41) is 28.0. The fraction of sp³-hybridized carbons (Fsp3) is 0.214. The largest absolute Gasteiger partial charge is 0.412 e. The van der Waals surface area contributed by atoms with Crippen molar-refractivity contribution in [2.45, 2.75) is 6.42 Å². The van der Waals surface area contributed by atoms with Crippen LogP contribution in [0.15, 0.2) is 57.3 Å². The van der Waals surface area contributed by atoms with Crippen LogP contribution in [0.4, 0.5) is 0 Å². The lowest BCUT2D eigenvalue weighted by atomic mass is 10.0. The van der Waals surface area contributed by atoms with E-state index in [1.807, 2.05) is 0 Å². The highest BCUT2D eigenvalue weighted by Crippen LogP contribution is 2.18. The van der Waals surface area contributed by atoms with E-state index in [0.717, 1.165) is 16.2 Å². The molecule has 110 valence electrons. The summed E-state index contributed by atoms with van der Waals surface area (Å²) < 4.78 is 0. The van der Waals surface area contributed by atoms with Crippen LogP contribution in [0.1, 0.15) is 6.42 Å². The van der Waals surface area contributed by atoms with Crippen molar-refractivity contribution < 1.29 is 15.8 Å². The van der Waals surface area contributed by atoms with E-state index in [0.29, 0.717) is 24.4 Å². The van der Waals surface area contributed by atoms with Gasteiger partial charge in [-0.3, -0.25) is 10.2 Å². The molecule has 0 aromatic rings. The number of aliphatic hydroxyl groups excluding tert-OH is 1. The lowest BCUT2D eigenvalue weighted by Gasteiger charge is -2.13. The minimum Gasteiger partial charge on any atom is -0.412 e. The molecule has 4 N–H and O–H groups in total. The number of rotatable bonds is 3. The molecule has 0 spiro atoms. The van der Waals surface area contributed by atoms with Crippen molar-refractivity contribution in [1.29, 1.82) is 5.26 Å². The molecule has 0 saturated heterocycles. The predicted molar refractivity (Wildman–Crippen MR) is 78.7 cm³/mol. The zero-order valence-corrected chi connectivity index (χ0v) is 11.3. The summed E-state index contributed by atoms with van der Waals surface area (Å²) in [6, 6.07) is 2.07. The molecule has 0 radical (unpaired) electrons. The first-order chi connectivity index (χ1) is 9.74. The minimum atomic E-state index is 0. The van der Waals surface area contributed by atoms with Gasteiger partial charge in [-0.05, 0) is 30.2 Å². The molecule has 0 amide bonds. The Balaban J connectivity index is 0.00000220. The summed E-state index contributed by atoms with van der Waals surface area (Å²) in [5.74, 6) is 0.387. The zero-order valence-electron chi connectivity index (χ0n) is 11.3. The summed E-state index contributed by atoms with van der Waals surface area (Å²) in [5.41, 5.74) is 2.02. The Kier molecular flexibility index (Phi) is 6.23. The lowest BCUT2D eigenvalue weighted by Crippen LogP contribution is -2.09. The molecular formula is C14H16N4O3. The van der Waals surface area contributed by atoms with Gasteiger partial charge < -0.3 is 10.6 Å². The van der Waals surface area contributed by atoms with Gasteiger partial charge in [0.05, 0.1) is 5.57 Å². The van der Waals surface area contributed by atoms with Gasteiger partial charge in [0.15, 0.2) is 5.84 Å². The van der Waals surface area contributed by atoms with Gasteiger partial charge in [0.1, 0.15) is 6.07 Å². The van der Waals surface area contributed by atoms with Gasteiger partial charge in [0.2, 0.25) is 0 Å². The maximum absolute atomic E-state index is 9.18. The van der Waals surface area contributed by atoms with Crippen LogP contribution in [0.5, 0.6) is 0 Å². The second kappa shape index (κ2) is 7.91. The highest BCUT2D eigenvalue weighted by molar-refractivity contribution is 6.12.